The van der Waals surface area contributed by atoms with E-state index in [-0.39, 0.29) is 29.9 Å². The Morgan fingerprint density at radius 1 is 0.760 bits per heavy atom. The Balaban J connectivity index is 4.00. The van der Waals surface area contributed by atoms with E-state index >= 15 is 0 Å². The van der Waals surface area contributed by atoms with Gasteiger partial charge in [-0.25, -0.2) is 0 Å². The average molecular weight is 357 g/mol. The maximum Gasteiger partial charge on any atom is 0.309 e. The minimum Gasteiger partial charge on any atom is -0.465 e. The van der Waals surface area contributed by atoms with Crippen molar-refractivity contribution in [3.8, 4) is 0 Å². The van der Waals surface area contributed by atoms with Crippen LogP contribution in [0.4, 0.5) is 0 Å². The molecule has 4 heteroatoms. The van der Waals surface area contributed by atoms with Crippen LogP contribution in [0, 0.1) is 11.8 Å². The zero-order valence-corrected chi connectivity index (χ0v) is 17.1. The Hall–Kier alpha value is -1.06. The molecule has 0 aromatic rings. The van der Waals surface area contributed by atoms with Gasteiger partial charge in [0.1, 0.15) is 0 Å². The Kier molecular flexibility index (Phi) is 14.6. The fourth-order valence-electron chi connectivity index (χ4n) is 2.89. The molecule has 0 fully saturated rings. The van der Waals surface area contributed by atoms with Crippen LogP contribution in [0.1, 0.15) is 98.8 Å². The van der Waals surface area contributed by atoms with Crippen LogP contribution in [-0.2, 0) is 19.1 Å². The van der Waals surface area contributed by atoms with Gasteiger partial charge in [0.25, 0.3) is 0 Å². The monoisotopic (exact) mass is 356 g/mol. The molecule has 0 aliphatic rings. The highest BCUT2D eigenvalue weighted by molar-refractivity contribution is 5.72. The smallest absolute Gasteiger partial charge is 0.309 e. The van der Waals surface area contributed by atoms with E-state index in [4.69, 9.17) is 9.47 Å². The number of carbonyl (C=O) groups is 2. The summed E-state index contributed by atoms with van der Waals surface area (Å²) in [6, 6.07) is 0. The topological polar surface area (TPSA) is 52.6 Å². The molecule has 3 unspecified atom stereocenters. The van der Waals surface area contributed by atoms with Gasteiger partial charge in [-0.1, -0.05) is 53.4 Å². The Morgan fingerprint density at radius 3 is 1.76 bits per heavy atom. The number of unbranched alkanes of at least 4 members (excludes halogenated alkanes) is 2. The van der Waals surface area contributed by atoms with Gasteiger partial charge >= 0.3 is 11.9 Å². The van der Waals surface area contributed by atoms with Crippen molar-refractivity contribution in [2.45, 2.75) is 105 Å². The molecule has 0 N–H and O–H groups in total. The van der Waals surface area contributed by atoms with Gasteiger partial charge < -0.3 is 9.47 Å². The lowest BCUT2D eigenvalue weighted by Crippen LogP contribution is -2.23. The van der Waals surface area contributed by atoms with Crippen molar-refractivity contribution < 1.29 is 19.1 Å². The second kappa shape index (κ2) is 15.2. The Bertz CT molecular complexity index is 354. The third kappa shape index (κ3) is 11.2. The normalized spacial score (nSPS) is 14.6. The van der Waals surface area contributed by atoms with E-state index in [0.29, 0.717) is 6.61 Å². The van der Waals surface area contributed by atoms with Crippen molar-refractivity contribution in [3.05, 3.63) is 0 Å². The summed E-state index contributed by atoms with van der Waals surface area (Å²) in [5, 5.41) is 0. The van der Waals surface area contributed by atoms with Crippen molar-refractivity contribution in [2.75, 3.05) is 6.61 Å². The third-order valence-electron chi connectivity index (χ3n) is 4.78. The van der Waals surface area contributed by atoms with Gasteiger partial charge in [-0.05, 0) is 45.4 Å². The van der Waals surface area contributed by atoms with Crippen LogP contribution in [0.2, 0.25) is 0 Å². The first-order chi connectivity index (χ1) is 12.0. The molecule has 0 amide bonds. The van der Waals surface area contributed by atoms with E-state index in [2.05, 4.69) is 13.8 Å². The van der Waals surface area contributed by atoms with Gasteiger partial charge in [0.2, 0.25) is 0 Å². The van der Waals surface area contributed by atoms with Crippen molar-refractivity contribution in [1.29, 1.82) is 0 Å². The van der Waals surface area contributed by atoms with Crippen LogP contribution in [0.15, 0.2) is 0 Å². The van der Waals surface area contributed by atoms with Gasteiger partial charge in [-0.3, -0.25) is 9.59 Å². The predicted octanol–water partition coefficient (Wildman–Crippen LogP) is 5.67. The van der Waals surface area contributed by atoms with E-state index in [1.807, 2.05) is 20.8 Å². The summed E-state index contributed by atoms with van der Waals surface area (Å²) in [4.78, 5) is 24.2. The van der Waals surface area contributed by atoms with Crippen LogP contribution in [-0.4, -0.2) is 24.6 Å². The minimum absolute atomic E-state index is 0.0177. The Morgan fingerprint density at radius 2 is 1.28 bits per heavy atom. The van der Waals surface area contributed by atoms with Crippen molar-refractivity contribution in [1.82, 2.24) is 0 Å². The molecule has 0 aliphatic carbocycles. The minimum atomic E-state index is -0.121. The molecular weight excluding hydrogens is 316 g/mol. The SMILES string of the molecule is CCCCC(CC)C(=O)OCCCC(C)OC(=O)C(CC)CCCC. The molecule has 0 aliphatic heterocycles. The summed E-state index contributed by atoms with van der Waals surface area (Å²) >= 11 is 0. The predicted molar refractivity (Wildman–Crippen MR) is 102 cm³/mol. The summed E-state index contributed by atoms with van der Waals surface area (Å²) in [6.45, 7) is 10.7. The van der Waals surface area contributed by atoms with Crippen LogP contribution in [0.3, 0.4) is 0 Å². The zero-order valence-electron chi connectivity index (χ0n) is 17.1. The fraction of sp³-hybridized carbons (Fsp3) is 0.905. The molecule has 0 aromatic carbocycles. The Labute approximate surface area is 155 Å². The van der Waals surface area contributed by atoms with Crippen LogP contribution in [0.5, 0.6) is 0 Å². The van der Waals surface area contributed by atoms with Crippen molar-refractivity contribution >= 4 is 11.9 Å². The molecule has 0 heterocycles. The molecule has 0 bridgehead atoms. The lowest BCUT2D eigenvalue weighted by molar-refractivity contribution is -0.155. The van der Waals surface area contributed by atoms with Gasteiger partial charge in [0.15, 0.2) is 0 Å². The zero-order chi connectivity index (χ0) is 19.1. The van der Waals surface area contributed by atoms with Crippen LogP contribution < -0.4 is 0 Å². The number of ether oxygens (including phenoxy) is 2. The quantitative estimate of drug-likeness (QED) is 0.280. The summed E-state index contributed by atoms with van der Waals surface area (Å²) < 4.78 is 10.9. The molecule has 148 valence electrons. The lowest BCUT2D eigenvalue weighted by Gasteiger charge is -2.19. The van der Waals surface area contributed by atoms with E-state index in [0.717, 1.165) is 64.2 Å². The number of carbonyl (C=O) groups excluding carboxylic acids is 2. The first-order valence-electron chi connectivity index (χ1n) is 10.4. The molecule has 0 saturated carbocycles. The average Bonchev–Trinajstić information content (AvgIpc) is 2.60. The highest BCUT2D eigenvalue weighted by Crippen LogP contribution is 2.17. The third-order valence-corrected chi connectivity index (χ3v) is 4.78. The van der Waals surface area contributed by atoms with E-state index < -0.39 is 0 Å². The summed E-state index contributed by atoms with van der Waals surface area (Å²) in [5.41, 5.74) is 0. The first kappa shape index (κ1) is 23.9. The number of hydrogen-bond acceptors (Lipinski definition) is 4. The van der Waals surface area contributed by atoms with E-state index in [1.165, 1.54) is 0 Å². The van der Waals surface area contributed by atoms with Gasteiger partial charge in [-0.2, -0.15) is 0 Å². The molecule has 0 spiro atoms. The highest BCUT2D eigenvalue weighted by atomic mass is 16.5. The number of hydrogen-bond donors (Lipinski definition) is 0. The number of esters is 2. The van der Waals surface area contributed by atoms with Crippen molar-refractivity contribution in [3.63, 3.8) is 0 Å². The fourth-order valence-corrected chi connectivity index (χ4v) is 2.89. The maximum absolute atomic E-state index is 12.2. The van der Waals surface area contributed by atoms with Gasteiger partial charge in [-0.15, -0.1) is 0 Å². The van der Waals surface area contributed by atoms with Gasteiger partial charge in [0, 0.05) is 0 Å². The second-order valence-electron chi connectivity index (χ2n) is 7.05. The van der Waals surface area contributed by atoms with Gasteiger partial charge in [0.05, 0.1) is 24.5 Å². The molecular formula is C21H40O4. The maximum atomic E-state index is 12.2. The van der Waals surface area contributed by atoms with Crippen molar-refractivity contribution in [2.24, 2.45) is 11.8 Å². The number of rotatable bonds is 15. The molecule has 0 radical (unpaired) electrons. The second-order valence-corrected chi connectivity index (χ2v) is 7.05. The lowest BCUT2D eigenvalue weighted by atomic mass is 9.99. The molecule has 0 saturated heterocycles. The molecule has 3 atom stereocenters. The molecule has 25 heavy (non-hydrogen) atoms. The first-order valence-corrected chi connectivity index (χ1v) is 10.4. The molecule has 4 nitrogen and oxygen atoms in total. The summed E-state index contributed by atoms with van der Waals surface area (Å²) in [6.07, 6.45) is 9.16. The van der Waals surface area contributed by atoms with Crippen LogP contribution in [0.25, 0.3) is 0 Å². The highest BCUT2D eigenvalue weighted by Gasteiger charge is 2.20. The molecule has 0 aromatic heterocycles. The summed E-state index contributed by atoms with van der Waals surface area (Å²) in [5.74, 6) is -0.111. The standard InChI is InChI=1S/C21H40O4/c1-6-10-14-18(8-3)20(22)24-16-12-13-17(5)25-21(23)19(9-4)15-11-7-2/h17-19H,6-16H2,1-5H3. The van der Waals surface area contributed by atoms with E-state index in [1.54, 1.807) is 0 Å². The van der Waals surface area contributed by atoms with Crippen LogP contribution >= 0.6 is 0 Å². The molecule has 0 rings (SSSR count). The summed E-state index contributed by atoms with van der Waals surface area (Å²) in [7, 11) is 0. The largest absolute Gasteiger partial charge is 0.465 e. The van der Waals surface area contributed by atoms with E-state index in [9.17, 15) is 9.59 Å².